The fraction of sp³-hybridized carbons (Fsp3) is 0.583. The van der Waals surface area contributed by atoms with Crippen molar-refractivity contribution in [2.24, 2.45) is 5.92 Å². The summed E-state index contributed by atoms with van der Waals surface area (Å²) in [4.78, 5) is 24.3. The van der Waals surface area contributed by atoms with Gasteiger partial charge in [-0.15, -0.1) is 0 Å². The van der Waals surface area contributed by atoms with Crippen LogP contribution in [0.4, 0.5) is 11.8 Å². The molecule has 5 heteroatoms. The van der Waals surface area contributed by atoms with Crippen molar-refractivity contribution in [3.63, 3.8) is 0 Å². The Morgan fingerprint density at radius 2 is 1.71 bits per heavy atom. The minimum atomic E-state index is -0.0603. The van der Waals surface area contributed by atoms with Gasteiger partial charge in [-0.2, -0.15) is 4.98 Å². The first-order valence-corrected chi connectivity index (χ1v) is 5.61. The van der Waals surface area contributed by atoms with Gasteiger partial charge in [-0.3, -0.25) is 4.79 Å². The zero-order valence-corrected chi connectivity index (χ0v) is 11.4. The smallest absolute Gasteiger partial charge is 0.227 e. The van der Waals surface area contributed by atoms with Crippen LogP contribution in [0, 0.1) is 5.92 Å². The number of hydrogen-bond acceptors (Lipinski definition) is 5. The Bertz CT molecular complexity index is 387. The summed E-state index contributed by atoms with van der Waals surface area (Å²) in [5.41, 5.74) is 0.474. The summed E-state index contributed by atoms with van der Waals surface area (Å²) in [6.45, 7) is 3.74. The molecule has 0 aliphatic carbocycles. The van der Waals surface area contributed by atoms with Gasteiger partial charge in [0.05, 0.1) is 0 Å². The zero-order valence-electron chi connectivity index (χ0n) is 11.4. The third-order valence-electron chi connectivity index (χ3n) is 2.34. The summed E-state index contributed by atoms with van der Waals surface area (Å²) in [5, 5.41) is 0. The molecule has 0 atom stereocenters. The van der Waals surface area contributed by atoms with Gasteiger partial charge in [-0.1, -0.05) is 13.8 Å². The lowest BCUT2D eigenvalue weighted by Gasteiger charge is -2.17. The second kappa shape index (κ2) is 5.12. The molecule has 0 saturated heterocycles. The quantitative estimate of drug-likeness (QED) is 0.740. The van der Waals surface area contributed by atoms with E-state index in [2.05, 4.69) is 9.97 Å². The topological polar surface area (TPSA) is 49.3 Å². The Balaban J connectivity index is 3.26. The van der Waals surface area contributed by atoms with Crippen LogP contribution in [0.5, 0.6) is 0 Å². The average Bonchev–Trinajstić information content (AvgIpc) is 2.27. The normalized spacial score (nSPS) is 10.5. The van der Waals surface area contributed by atoms with Gasteiger partial charge < -0.3 is 9.80 Å². The molecule has 0 spiro atoms. The van der Waals surface area contributed by atoms with Crippen LogP contribution in [-0.2, 0) is 0 Å². The van der Waals surface area contributed by atoms with Crippen molar-refractivity contribution in [1.82, 2.24) is 9.97 Å². The summed E-state index contributed by atoms with van der Waals surface area (Å²) in [7, 11) is 7.51. The van der Waals surface area contributed by atoms with Gasteiger partial charge in [0.15, 0.2) is 5.78 Å². The zero-order chi connectivity index (χ0) is 13.2. The molecule has 0 aromatic carbocycles. The van der Waals surface area contributed by atoms with Crippen LogP contribution in [0.15, 0.2) is 6.07 Å². The highest BCUT2D eigenvalue weighted by atomic mass is 16.1. The van der Waals surface area contributed by atoms with E-state index >= 15 is 0 Å². The van der Waals surface area contributed by atoms with Gasteiger partial charge in [-0.05, 0) is 0 Å². The lowest BCUT2D eigenvalue weighted by atomic mass is 10.1. The number of anilines is 2. The Kier molecular flexibility index (Phi) is 4.04. The Morgan fingerprint density at radius 1 is 1.12 bits per heavy atom. The SMILES string of the molecule is CC(C)C(=O)c1cc(N(C)C)nc(N(C)C)n1. The largest absolute Gasteiger partial charge is 0.363 e. The fourth-order valence-corrected chi connectivity index (χ4v) is 1.27. The van der Waals surface area contributed by atoms with Gasteiger partial charge in [0.2, 0.25) is 5.95 Å². The fourth-order valence-electron chi connectivity index (χ4n) is 1.27. The second-order valence-corrected chi connectivity index (χ2v) is 4.72. The summed E-state index contributed by atoms with van der Waals surface area (Å²) in [5.74, 6) is 1.28. The van der Waals surface area contributed by atoms with Gasteiger partial charge >= 0.3 is 0 Å². The molecule has 0 saturated carbocycles. The van der Waals surface area contributed by atoms with Crippen molar-refractivity contribution in [3.8, 4) is 0 Å². The first-order valence-electron chi connectivity index (χ1n) is 5.61. The van der Waals surface area contributed by atoms with Crippen molar-refractivity contribution >= 4 is 17.5 Å². The molecule has 0 aliphatic heterocycles. The lowest BCUT2D eigenvalue weighted by Crippen LogP contribution is -2.20. The van der Waals surface area contributed by atoms with E-state index in [9.17, 15) is 4.79 Å². The molecule has 17 heavy (non-hydrogen) atoms. The number of rotatable bonds is 4. The van der Waals surface area contributed by atoms with Crippen molar-refractivity contribution in [1.29, 1.82) is 0 Å². The van der Waals surface area contributed by atoms with Crippen LogP contribution >= 0.6 is 0 Å². The second-order valence-electron chi connectivity index (χ2n) is 4.72. The van der Waals surface area contributed by atoms with E-state index in [-0.39, 0.29) is 11.7 Å². The van der Waals surface area contributed by atoms with E-state index in [0.29, 0.717) is 11.6 Å². The van der Waals surface area contributed by atoms with Gasteiger partial charge in [0.1, 0.15) is 11.5 Å². The van der Waals surface area contributed by atoms with E-state index < -0.39 is 0 Å². The van der Waals surface area contributed by atoms with Crippen molar-refractivity contribution in [2.75, 3.05) is 38.0 Å². The molecule has 1 aromatic heterocycles. The third-order valence-corrected chi connectivity index (χ3v) is 2.34. The number of hydrogen-bond donors (Lipinski definition) is 0. The van der Waals surface area contributed by atoms with Crippen molar-refractivity contribution < 1.29 is 4.79 Å². The van der Waals surface area contributed by atoms with Crippen LogP contribution in [-0.4, -0.2) is 43.9 Å². The molecule has 1 rings (SSSR count). The van der Waals surface area contributed by atoms with Crippen LogP contribution in [0.3, 0.4) is 0 Å². The van der Waals surface area contributed by atoms with Crippen molar-refractivity contribution in [2.45, 2.75) is 13.8 Å². The minimum absolute atomic E-state index is 0.0404. The molecule has 0 unspecified atom stereocenters. The van der Waals surface area contributed by atoms with Gasteiger partial charge in [-0.25, -0.2) is 4.98 Å². The first kappa shape index (κ1) is 13.4. The number of aromatic nitrogens is 2. The monoisotopic (exact) mass is 236 g/mol. The predicted molar refractivity (Wildman–Crippen MR) is 69.9 cm³/mol. The molecule has 0 fully saturated rings. The third kappa shape index (κ3) is 3.15. The van der Waals surface area contributed by atoms with E-state index in [1.807, 2.05) is 46.9 Å². The molecular weight excluding hydrogens is 216 g/mol. The lowest BCUT2D eigenvalue weighted by molar-refractivity contribution is 0.0934. The Labute approximate surface area is 102 Å². The summed E-state index contributed by atoms with van der Waals surface area (Å²) < 4.78 is 0. The molecule has 1 aromatic rings. The summed E-state index contributed by atoms with van der Waals surface area (Å²) in [6.07, 6.45) is 0. The molecule has 0 aliphatic rings. The van der Waals surface area contributed by atoms with Crippen LogP contribution < -0.4 is 9.80 Å². The Hall–Kier alpha value is -1.65. The molecule has 94 valence electrons. The van der Waals surface area contributed by atoms with Crippen LogP contribution in [0.1, 0.15) is 24.3 Å². The predicted octanol–water partition coefficient (Wildman–Crippen LogP) is 1.45. The Morgan fingerprint density at radius 3 is 2.12 bits per heavy atom. The molecular formula is C12H20N4O. The highest BCUT2D eigenvalue weighted by molar-refractivity contribution is 5.96. The highest BCUT2D eigenvalue weighted by Crippen LogP contribution is 2.16. The van der Waals surface area contributed by atoms with Crippen LogP contribution in [0.2, 0.25) is 0 Å². The van der Waals surface area contributed by atoms with E-state index in [4.69, 9.17) is 0 Å². The minimum Gasteiger partial charge on any atom is -0.363 e. The number of carbonyl (C=O) groups excluding carboxylic acids is 1. The van der Waals surface area contributed by atoms with Crippen molar-refractivity contribution in [3.05, 3.63) is 11.8 Å². The van der Waals surface area contributed by atoms with Crippen LogP contribution in [0.25, 0.3) is 0 Å². The maximum Gasteiger partial charge on any atom is 0.227 e. The van der Waals surface area contributed by atoms with E-state index in [1.54, 1.807) is 11.0 Å². The highest BCUT2D eigenvalue weighted by Gasteiger charge is 2.16. The molecule has 1 heterocycles. The van der Waals surface area contributed by atoms with E-state index in [1.165, 1.54) is 0 Å². The number of nitrogens with zero attached hydrogens (tertiary/aromatic N) is 4. The van der Waals surface area contributed by atoms with Gasteiger partial charge in [0, 0.05) is 40.2 Å². The molecule has 0 radical (unpaired) electrons. The van der Waals surface area contributed by atoms with E-state index in [0.717, 1.165) is 5.82 Å². The molecule has 0 amide bonds. The number of carbonyl (C=O) groups is 1. The summed E-state index contributed by atoms with van der Waals surface area (Å²) in [6, 6.07) is 1.73. The molecule has 0 N–H and O–H groups in total. The number of ketones is 1. The summed E-state index contributed by atoms with van der Waals surface area (Å²) >= 11 is 0. The molecule has 5 nitrogen and oxygen atoms in total. The standard InChI is InChI=1S/C12H20N4O/c1-8(2)11(17)9-7-10(15(3)4)14-12(13-9)16(5)6/h7-8H,1-6H3. The maximum atomic E-state index is 12.0. The number of Topliss-reactive ketones (excluding diaryl/α,β-unsaturated/α-hetero) is 1. The molecule has 0 bridgehead atoms. The average molecular weight is 236 g/mol. The maximum absolute atomic E-state index is 12.0. The first-order chi connectivity index (χ1) is 7.82. The van der Waals surface area contributed by atoms with Gasteiger partial charge in [0.25, 0.3) is 0 Å².